The average molecular weight is 540 g/mol. The smallest absolute Gasteiger partial charge is 0.305 e. The van der Waals surface area contributed by atoms with Crippen LogP contribution in [-0.2, 0) is 14.3 Å². The number of methoxy groups -OCH3 is 1. The van der Waals surface area contributed by atoms with Gasteiger partial charge in [-0.3, -0.25) is 9.59 Å². The van der Waals surface area contributed by atoms with Crippen LogP contribution in [0.15, 0.2) is 0 Å². The molecule has 1 aliphatic rings. The van der Waals surface area contributed by atoms with Gasteiger partial charge < -0.3 is 14.7 Å². The highest BCUT2D eigenvalue weighted by Gasteiger charge is 2.23. The fourth-order valence-corrected chi connectivity index (χ4v) is 5.10. The van der Waals surface area contributed by atoms with Gasteiger partial charge in [-0.1, -0.05) is 142 Å². The normalized spacial score (nSPS) is 14.8. The van der Waals surface area contributed by atoms with Gasteiger partial charge in [0.15, 0.2) is 0 Å². The Morgan fingerprint density at radius 1 is 0.632 bits per heavy atom. The lowest BCUT2D eigenvalue weighted by molar-refractivity contribution is -0.140. The molecular weight excluding hydrogens is 474 g/mol. The van der Waals surface area contributed by atoms with Crippen LogP contribution >= 0.6 is 0 Å². The maximum atomic E-state index is 11.9. The van der Waals surface area contributed by atoms with E-state index in [0.29, 0.717) is 19.4 Å². The molecule has 1 aliphatic heterocycles. The van der Waals surface area contributed by atoms with Gasteiger partial charge in [-0.2, -0.15) is 0 Å². The van der Waals surface area contributed by atoms with Crippen molar-refractivity contribution in [1.29, 1.82) is 0 Å². The van der Waals surface area contributed by atoms with Crippen LogP contribution < -0.4 is 0 Å². The molecule has 0 bridgehead atoms. The van der Waals surface area contributed by atoms with E-state index >= 15 is 0 Å². The van der Waals surface area contributed by atoms with E-state index in [-0.39, 0.29) is 18.0 Å². The summed E-state index contributed by atoms with van der Waals surface area (Å²) in [5.74, 6) is 0.170. The number of likely N-dealkylation sites (tertiary alicyclic amines) is 1. The van der Waals surface area contributed by atoms with Crippen LogP contribution in [0.5, 0.6) is 0 Å². The minimum absolute atomic E-state index is 0.0686. The third-order valence-electron chi connectivity index (χ3n) is 7.72. The van der Waals surface area contributed by atoms with Crippen LogP contribution in [0.25, 0.3) is 0 Å². The molecule has 226 valence electrons. The van der Waals surface area contributed by atoms with Crippen LogP contribution in [0, 0.1) is 0 Å². The lowest BCUT2D eigenvalue weighted by Gasteiger charge is -2.15. The summed E-state index contributed by atoms with van der Waals surface area (Å²) in [6.07, 6.45) is 30.7. The molecule has 38 heavy (non-hydrogen) atoms. The summed E-state index contributed by atoms with van der Waals surface area (Å²) in [6, 6.07) is 0. The molecule has 0 aliphatic carbocycles. The van der Waals surface area contributed by atoms with Crippen LogP contribution in [0.1, 0.15) is 174 Å². The van der Waals surface area contributed by atoms with E-state index in [4.69, 9.17) is 0 Å². The summed E-state index contributed by atoms with van der Waals surface area (Å²) in [6.45, 7) is 5.82. The average Bonchev–Trinajstić information content (AvgIpc) is 3.36. The Morgan fingerprint density at radius 2 is 1.00 bits per heavy atom. The number of hydrogen-bond acceptors (Lipinski definition) is 4. The van der Waals surface area contributed by atoms with Gasteiger partial charge in [0.1, 0.15) is 0 Å². The van der Waals surface area contributed by atoms with E-state index < -0.39 is 0 Å². The van der Waals surface area contributed by atoms with E-state index in [1.165, 1.54) is 136 Å². The molecule has 1 fully saturated rings. The molecule has 0 saturated carbocycles. The van der Waals surface area contributed by atoms with Gasteiger partial charge in [-0.15, -0.1) is 0 Å². The lowest BCUT2D eigenvalue weighted by atomic mass is 10.1. The van der Waals surface area contributed by atoms with Crippen molar-refractivity contribution in [1.82, 2.24) is 4.90 Å². The zero-order valence-corrected chi connectivity index (χ0v) is 25.8. The molecule has 5 heteroatoms. The Morgan fingerprint density at radius 3 is 1.34 bits per heavy atom. The van der Waals surface area contributed by atoms with Crippen molar-refractivity contribution >= 4 is 11.9 Å². The van der Waals surface area contributed by atoms with Gasteiger partial charge in [0, 0.05) is 25.9 Å². The third kappa shape index (κ3) is 25.2. The van der Waals surface area contributed by atoms with Gasteiger partial charge >= 0.3 is 5.97 Å². The number of unbranched alkanes of at least 4 members (excludes halogenated alkanes) is 20. The summed E-state index contributed by atoms with van der Waals surface area (Å²) >= 11 is 0. The number of ether oxygens (including phenoxy) is 1. The zero-order chi connectivity index (χ0) is 28.1. The van der Waals surface area contributed by atoms with Gasteiger partial charge in [-0.25, -0.2) is 0 Å². The van der Waals surface area contributed by atoms with Crippen LogP contribution in [-0.4, -0.2) is 48.2 Å². The molecule has 0 aromatic heterocycles. The number of carbonyl (C=O) groups is 2. The van der Waals surface area contributed by atoms with Crippen LogP contribution in [0.4, 0.5) is 0 Å². The number of nitrogens with zero attached hydrogens (tertiary/aromatic N) is 1. The highest BCUT2D eigenvalue weighted by Crippen LogP contribution is 2.15. The molecule has 1 heterocycles. The molecule has 0 aromatic carbocycles. The molecule has 1 rings (SSSR count). The summed E-state index contributed by atoms with van der Waals surface area (Å²) in [5, 5.41) is 9.41. The van der Waals surface area contributed by atoms with Crippen molar-refractivity contribution in [3.05, 3.63) is 0 Å². The second-order valence-corrected chi connectivity index (χ2v) is 11.4. The second-order valence-electron chi connectivity index (χ2n) is 11.4. The summed E-state index contributed by atoms with van der Waals surface area (Å²) in [5.41, 5.74) is 0. The third-order valence-corrected chi connectivity index (χ3v) is 7.72. The highest BCUT2D eigenvalue weighted by atomic mass is 16.5. The summed E-state index contributed by atoms with van der Waals surface area (Å²) in [7, 11) is 1.46. The Labute approximate surface area is 236 Å². The summed E-state index contributed by atoms with van der Waals surface area (Å²) in [4.78, 5) is 24.5. The molecule has 1 N–H and O–H groups in total. The SMILES string of the molecule is CCCCCCCCCCCCCC(=O)N1CCC(O)C1.CCCCCCCCCCCCCC(=O)OC. The Bertz CT molecular complexity index is 525. The highest BCUT2D eigenvalue weighted by molar-refractivity contribution is 5.76. The van der Waals surface area contributed by atoms with E-state index in [9.17, 15) is 14.7 Å². The molecule has 1 saturated heterocycles. The first-order valence-electron chi connectivity index (χ1n) is 16.6. The largest absolute Gasteiger partial charge is 0.469 e. The maximum Gasteiger partial charge on any atom is 0.305 e. The van der Waals surface area contributed by atoms with Crippen molar-refractivity contribution in [2.45, 2.75) is 180 Å². The number of amides is 1. The fourth-order valence-electron chi connectivity index (χ4n) is 5.10. The first kappa shape index (κ1) is 36.9. The minimum atomic E-state index is -0.286. The first-order chi connectivity index (χ1) is 18.5. The van der Waals surface area contributed by atoms with Gasteiger partial charge in [0.2, 0.25) is 5.91 Å². The fraction of sp³-hybridized carbons (Fsp3) is 0.939. The monoisotopic (exact) mass is 539 g/mol. The molecule has 0 aromatic rings. The number of rotatable bonds is 24. The molecule has 1 amide bonds. The minimum Gasteiger partial charge on any atom is -0.469 e. The van der Waals surface area contributed by atoms with Crippen molar-refractivity contribution in [2.75, 3.05) is 20.2 Å². The van der Waals surface area contributed by atoms with Gasteiger partial charge in [0.05, 0.1) is 13.2 Å². The standard InChI is InChI=1S/C18H35NO2.C15H30O2/c1-2-3-4-5-6-7-8-9-10-11-12-13-18(21)19-15-14-17(20)16-19;1-3-4-5-6-7-8-9-10-11-12-13-14-15(16)17-2/h17,20H,2-16H2,1H3;3-14H2,1-2H3. The van der Waals surface area contributed by atoms with Crippen molar-refractivity contribution in [3.8, 4) is 0 Å². The predicted octanol–water partition coefficient (Wildman–Crippen LogP) is 9.14. The van der Waals surface area contributed by atoms with E-state index in [0.717, 1.165) is 25.8 Å². The number of carbonyl (C=O) groups excluding carboxylic acids is 2. The van der Waals surface area contributed by atoms with Gasteiger partial charge in [-0.05, 0) is 19.3 Å². The number of aliphatic hydroxyl groups excluding tert-OH is 1. The predicted molar refractivity (Wildman–Crippen MR) is 161 cm³/mol. The first-order valence-corrected chi connectivity index (χ1v) is 16.6. The molecule has 5 nitrogen and oxygen atoms in total. The zero-order valence-electron chi connectivity index (χ0n) is 25.8. The maximum absolute atomic E-state index is 11.9. The van der Waals surface area contributed by atoms with Crippen molar-refractivity contribution < 1.29 is 19.4 Å². The van der Waals surface area contributed by atoms with Crippen LogP contribution in [0.3, 0.4) is 0 Å². The molecule has 1 unspecified atom stereocenters. The van der Waals surface area contributed by atoms with Crippen LogP contribution in [0.2, 0.25) is 0 Å². The van der Waals surface area contributed by atoms with Crippen molar-refractivity contribution in [3.63, 3.8) is 0 Å². The number of β-amino-alcohol motifs (C(OH)–C–C–N with tert-alkyl or cyclic N) is 1. The molecule has 0 spiro atoms. The Hall–Kier alpha value is -1.10. The summed E-state index contributed by atoms with van der Waals surface area (Å²) < 4.78 is 4.60. The van der Waals surface area contributed by atoms with E-state index in [2.05, 4.69) is 18.6 Å². The van der Waals surface area contributed by atoms with E-state index in [1.807, 2.05) is 4.90 Å². The topological polar surface area (TPSA) is 66.8 Å². The Balaban J connectivity index is 0.000000739. The van der Waals surface area contributed by atoms with E-state index in [1.54, 1.807) is 0 Å². The molecule has 1 atom stereocenters. The lowest BCUT2D eigenvalue weighted by Crippen LogP contribution is -2.29. The number of aliphatic hydroxyl groups is 1. The Kier molecular flexibility index (Phi) is 28.1. The van der Waals surface area contributed by atoms with Gasteiger partial charge in [0.25, 0.3) is 0 Å². The molecular formula is C33H65NO4. The molecule has 0 radical (unpaired) electrons. The quantitative estimate of drug-likeness (QED) is 0.0980. The number of esters is 1. The number of hydrogen-bond donors (Lipinski definition) is 1. The second kappa shape index (κ2) is 28.9. The van der Waals surface area contributed by atoms with Crippen molar-refractivity contribution in [2.24, 2.45) is 0 Å².